The molecule has 19 heavy (non-hydrogen) atoms. The van der Waals surface area contributed by atoms with E-state index in [2.05, 4.69) is 25.1 Å². The lowest BCUT2D eigenvalue weighted by molar-refractivity contribution is 0.221. The lowest BCUT2D eigenvalue weighted by Gasteiger charge is -2.24. The average Bonchev–Trinajstić information content (AvgIpc) is 2.40. The molecule has 0 saturated carbocycles. The number of hydrogen-bond acceptors (Lipinski definition) is 4. The minimum atomic E-state index is 0.639. The summed E-state index contributed by atoms with van der Waals surface area (Å²) < 4.78 is 5.69. The van der Waals surface area contributed by atoms with Gasteiger partial charge in [-0.15, -0.1) is 0 Å². The third-order valence-electron chi connectivity index (χ3n) is 3.27. The van der Waals surface area contributed by atoms with Crippen molar-refractivity contribution in [2.45, 2.75) is 25.8 Å². The Hall–Kier alpha value is -0.870. The largest absolute Gasteiger partial charge is 0.493 e. The second kappa shape index (κ2) is 9.10. The molecule has 3 nitrogen and oxygen atoms in total. The molecule has 0 aliphatic heterocycles. The fraction of sp³-hybridized carbons (Fsp3) is 0.600. The van der Waals surface area contributed by atoms with Gasteiger partial charge in [0.2, 0.25) is 0 Å². The molecule has 0 spiro atoms. The van der Waals surface area contributed by atoms with Crippen LogP contribution < -0.4 is 10.5 Å². The van der Waals surface area contributed by atoms with Crippen LogP contribution in [-0.2, 0) is 0 Å². The molecule has 0 heterocycles. The van der Waals surface area contributed by atoms with E-state index in [1.165, 1.54) is 12.2 Å². The van der Waals surface area contributed by atoms with E-state index in [-0.39, 0.29) is 0 Å². The molecule has 0 aliphatic rings. The van der Waals surface area contributed by atoms with Crippen LogP contribution in [0.4, 0.5) is 5.69 Å². The van der Waals surface area contributed by atoms with Crippen LogP contribution in [0.3, 0.4) is 0 Å². The first kappa shape index (κ1) is 16.2. The number of rotatable bonds is 9. The average molecular weight is 282 g/mol. The Morgan fingerprint density at radius 2 is 2.21 bits per heavy atom. The molecule has 1 unspecified atom stereocenters. The topological polar surface area (TPSA) is 38.5 Å². The van der Waals surface area contributed by atoms with Crippen LogP contribution in [0.15, 0.2) is 24.3 Å². The first-order valence-corrected chi connectivity index (χ1v) is 8.20. The van der Waals surface area contributed by atoms with Crippen molar-refractivity contribution < 1.29 is 4.74 Å². The van der Waals surface area contributed by atoms with Gasteiger partial charge in [-0.3, -0.25) is 0 Å². The summed E-state index contributed by atoms with van der Waals surface area (Å²) in [6.45, 7) is 4.09. The molecule has 2 N–H and O–H groups in total. The monoisotopic (exact) mass is 282 g/mol. The third kappa shape index (κ3) is 6.73. The molecular weight excluding hydrogens is 256 g/mol. The lowest BCUT2D eigenvalue weighted by Crippen LogP contribution is -2.31. The van der Waals surface area contributed by atoms with Gasteiger partial charge in [-0.2, -0.15) is 11.8 Å². The summed E-state index contributed by atoms with van der Waals surface area (Å²) >= 11 is 1.91. The Morgan fingerprint density at radius 1 is 1.42 bits per heavy atom. The van der Waals surface area contributed by atoms with Gasteiger partial charge in [0.05, 0.1) is 6.61 Å². The Bertz CT molecular complexity index is 360. The molecule has 1 rings (SSSR count). The summed E-state index contributed by atoms with van der Waals surface area (Å²) in [4.78, 5) is 2.40. The molecule has 1 atom stereocenters. The molecule has 0 saturated heterocycles. The van der Waals surface area contributed by atoms with Crippen molar-refractivity contribution in [1.82, 2.24) is 4.90 Å². The summed E-state index contributed by atoms with van der Waals surface area (Å²) in [6, 6.07) is 8.24. The standard InChI is InChI=1S/C15H26N2OS/c1-13(8-11-19-3)17(2)9-5-10-18-15-7-4-6-14(16)12-15/h4,6-7,12-13H,5,8-11,16H2,1-3H3. The molecule has 0 aliphatic carbocycles. The van der Waals surface area contributed by atoms with E-state index in [0.29, 0.717) is 6.04 Å². The highest BCUT2D eigenvalue weighted by Gasteiger charge is 2.07. The van der Waals surface area contributed by atoms with Gasteiger partial charge in [-0.05, 0) is 51.0 Å². The Labute approximate surface area is 121 Å². The number of anilines is 1. The van der Waals surface area contributed by atoms with E-state index < -0.39 is 0 Å². The highest BCUT2D eigenvalue weighted by molar-refractivity contribution is 7.98. The highest BCUT2D eigenvalue weighted by Crippen LogP contribution is 2.14. The summed E-state index contributed by atoms with van der Waals surface area (Å²) in [5, 5.41) is 0. The second-order valence-electron chi connectivity index (χ2n) is 4.89. The van der Waals surface area contributed by atoms with Crippen LogP contribution in [0.2, 0.25) is 0 Å². The Balaban J connectivity index is 2.16. The van der Waals surface area contributed by atoms with E-state index in [1.54, 1.807) is 0 Å². The maximum Gasteiger partial charge on any atom is 0.121 e. The summed E-state index contributed by atoms with van der Waals surface area (Å²) in [7, 11) is 2.19. The zero-order valence-corrected chi connectivity index (χ0v) is 13.1. The van der Waals surface area contributed by atoms with Crippen LogP contribution in [-0.4, -0.2) is 43.1 Å². The van der Waals surface area contributed by atoms with Gasteiger partial charge >= 0.3 is 0 Å². The summed E-state index contributed by atoms with van der Waals surface area (Å²) in [6.07, 6.45) is 4.44. The lowest BCUT2D eigenvalue weighted by atomic mass is 10.2. The summed E-state index contributed by atoms with van der Waals surface area (Å²) in [5.41, 5.74) is 6.46. The van der Waals surface area contributed by atoms with Gasteiger partial charge in [0.25, 0.3) is 0 Å². The maximum atomic E-state index is 5.71. The third-order valence-corrected chi connectivity index (χ3v) is 3.92. The number of hydrogen-bond donors (Lipinski definition) is 1. The van der Waals surface area contributed by atoms with Gasteiger partial charge in [0, 0.05) is 24.3 Å². The van der Waals surface area contributed by atoms with Gasteiger partial charge < -0.3 is 15.4 Å². The molecule has 0 bridgehead atoms. The number of nitrogen functional groups attached to an aromatic ring is 1. The minimum absolute atomic E-state index is 0.639. The molecule has 0 aromatic heterocycles. The van der Waals surface area contributed by atoms with Crippen LogP contribution in [0, 0.1) is 0 Å². The smallest absolute Gasteiger partial charge is 0.121 e. The predicted molar refractivity (Wildman–Crippen MR) is 86.1 cm³/mol. The van der Waals surface area contributed by atoms with Crippen molar-refractivity contribution in [1.29, 1.82) is 0 Å². The summed E-state index contributed by atoms with van der Waals surface area (Å²) in [5.74, 6) is 2.09. The molecule has 1 aromatic rings. The van der Waals surface area contributed by atoms with E-state index in [1.807, 2.05) is 36.0 Å². The molecule has 0 amide bonds. The molecular formula is C15H26N2OS. The fourth-order valence-corrected chi connectivity index (χ4v) is 2.41. The van der Waals surface area contributed by atoms with Crippen molar-refractivity contribution in [2.24, 2.45) is 0 Å². The van der Waals surface area contributed by atoms with Crippen molar-refractivity contribution in [3.8, 4) is 5.75 Å². The Kier molecular flexibility index (Phi) is 7.75. The van der Waals surface area contributed by atoms with Crippen LogP contribution in [0.25, 0.3) is 0 Å². The van der Waals surface area contributed by atoms with Crippen molar-refractivity contribution in [2.75, 3.05) is 37.9 Å². The minimum Gasteiger partial charge on any atom is -0.493 e. The fourth-order valence-electron chi connectivity index (χ4n) is 1.84. The first-order valence-electron chi connectivity index (χ1n) is 6.81. The van der Waals surface area contributed by atoms with Gasteiger partial charge in [0.1, 0.15) is 5.75 Å². The zero-order valence-electron chi connectivity index (χ0n) is 12.3. The molecule has 4 heteroatoms. The highest BCUT2D eigenvalue weighted by atomic mass is 32.2. The van der Waals surface area contributed by atoms with Gasteiger partial charge in [-0.1, -0.05) is 6.07 Å². The number of benzene rings is 1. The zero-order chi connectivity index (χ0) is 14.1. The van der Waals surface area contributed by atoms with Crippen LogP contribution in [0.5, 0.6) is 5.75 Å². The molecule has 0 fully saturated rings. The van der Waals surface area contributed by atoms with Crippen LogP contribution in [0.1, 0.15) is 19.8 Å². The number of ether oxygens (including phenoxy) is 1. The quantitative estimate of drug-likeness (QED) is 0.558. The van der Waals surface area contributed by atoms with E-state index in [0.717, 1.165) is 31.0 Å². The molecule has 1 aromatic carbocycles. The second-order valence-corrected chi connectivity index (χ2v) is 5.87. The molecule has 108 valence electrons. The van der Waals surface area contributed by atoms with E-state index >= 15 is 0 Å². The van der Waals surface area contributed by atoms with Gasteiger partial charge in [-0.25, -0.2) is 0 Å². The predicted octanol–water partition coefficient (Wildman–Crippen LogP) is 3.11. The van der Waals surface area contributed by atoms with E-state index in [9.17, 15) is 0 Å². The van der Waals surface area contributed by atoms with Crippen molar-refractivity contribution in [3.05, 3.63) is 24.3 Å². The SMILES string of the molecule is CSCCC(C)N(C)CCCOc1cccc(N)c1. The maximum absolute atomic E-state index is 5.71. The molecule has 0 radical (unpaired) electrons. The number of nitrogens with zero attached hydrogens (tertiary/aromatic N) is 1. The van der Waals surface area contributed by atoms with Gasteiger partial charge in [0.15, 0.2) is 0 Å². The Morgan fingerprint density at radius 3 is 2.89 bits per heavy atom. The van der Waals surface area contributed by atoms with E-state index in [4.69, 9.17) is 10.5 Å². The van der Waals surface area contributed by atoms with Crippen LogP contribution >= 0.6 is 11.8 Å². The normalized spacial score (nSPS) is 12.6. The number of thioether (sulfide) groups is 1. The van der Waals surface area contributed by atoms with Crippen molar-refractivity contribution >= 4 is 17.4 Å². The van der Waals surface area contributed by atoms with Crippen molar-refractivity contribution in [3.63, 3.8) is 0 Å². The number of nitrogens with two attached hydrogens (primary N) is 1. The first-order chi connectivity index (χ1) is 9.13.